The maximum absolute atomic E-state index is 12.7. The predicted octanol–water partition coefficient (Wildman–Crippen LogP) is 1.07. The van der Waals surface area contributed by atoms with Crippen molar-refractivity contribution in [1.82, 2.24) is 0 Å². The fourth-order valence-corrected chi connectivity index (χ4v) is 0.952. The minimum atomic E-state index is -0.589. The number of nitrogens with two attached hydrogens (primary N) is 1. The highest BCUT2D eigenvalue weighted by Crippen LogP contribution is 2.05. The van der Waals surface area contributed by atoms with E-state index in [1.54, 1.807) is 6.07 Å². The number of halogens is 1. The van der Waals surface area contributed by atoms with E-state index >= 15 is 0 Å². The lowest BCUT2D eigenvalue weighted by Crippen LogP contribution is -2.16. The molecule has 1 rings (SSSR count). The van der Waals surface area contributed by atoms with E-state index in [4.69, 9.17) is 11.1 Å². The van der Waals surface area contributed by atoms with Crippen LogP contribution in [-0.2, 0) is 4.79 Å². The first-order valence-electron chi connectivity index (χ1n) is 3.71. The van der Waals surface area contributed by atoms with Gasteiger partial charge in [0.15, 0.2) is 0 Å². The Morgan fingerprint density at radius 2 is 2.23 bits per heavy atom. The predicted molar refractivity (Wildman–Crippen MR) is 47.0 cm³/mol. The Morgan fingerprint density at radius 1 is 1.54 bits per heavy atom. The highest BCUT2D eigenvalue weighted by Gasteiger charge is 2.05. The van der Waals surface area contributed by atoms with E-state index in [2.05, 4.69) is 0 Å². The molecule has 0 spiro atoms. The quantitative estimate of drug-likeness (QED) is 0.671. The third kappa shape index (κ3) is 2.66. The number of hydrogen-bond donors (Lipinski definition) is 2. The summed E-state index contributed by atoms with van der Waals surface area (Å²) in [6, 6.07) is 5.53. The standard InChI is InChI=1S/C9H9FN2O/c10-7-3-1-2-6(4-7)8(11)5-9(12)13/h1-4,11H,5H2,(H2,12,13). The minimum absolute atomic E-state index is 0.0343. The Hall–Kier alpha value is -1.71. The lowest BCUT2D eigenvalue weighted by Gasteiger charge is -2.00. The smallest absolute Gasteiger partial charge is 0.223 e. The molecule has 4 heteroatoms. The van der Waals surface area contributed by atoms with Gasteiger partial charge in [-0.25, -0.2) is 4.39 Å². The number of benzene rings is 1. The Balaban J connectivity index is 2.83. The van der Waals surface area contributed by atoms with Crippen LogP contribution in [0.25, 0.3) is 0 Å². The summed E-state index contributed by atoms with van der Waals surface area (Å²) in [5.41, 5.74) is 5.32. The van der Waals surface area contributed by atoms with Gasteiger partial charge in [-0.2, -0.15) is 0 Å². The molecule has 0 aromatic heterocycles. The Kier molecular flexibility index (Phi) is 2.74. The van der Waals surface area contributed by atoms with Crippen LogP contribution in [-0.4, -0.2) is 11.6 Å². The highest BCUT2D eigenvalue weighted by molar-refractivity contribution is 6.08. The first-order valence-corrected chi connectivity index (χ1v) is 3.71. The number of hydrogen-bond acceptors (Lipinski definition) is 2. The second-order valence-electron chi connectivity index (χ2n) is 2.63. The second kappa shape index (κ2) is 3.80. The zero-order chi connectivity index (χ0) is 9.84. The fourth-order valence-electron chi connectivity index (χ4n) is 0.952. The first-order chi connectivity index (χ1) is 6.09. The summed E-state index contributed by atoms with van der Waals surface area (Å²) in [5, 5.41) is 7.39. The van der Waals surface area contributed by atoms with E-state index in [9.17, 15) is 9.18 Å². The van der Waals surface area contributed by atoms with Gasteiger partial charge in [0.1, 0.15) is 5.82 Å². The molecule has 0 saturated carbocycles. The molecule has 3 nitrogen and oxygen atoms in total. The van der Waals surface area contributed by atoms with E-state index in [-0.39, 0.29) is 12.1 Å². The van der Waals surface area contributed by atoms with Gasteiger partial charge in [-0.05, 0) is 17.7 Å². The van der Waals surface area contributed by atoms with Crippen LogP contribution < -0.4 is 5.73 Å². The summed E-state index contributed by atoms with van der Waals surface area (Å²) in [6.45, 7) is 0. The van der Waals surface area contributed by atoms with Crippen LogP contribution in [0.2, 0.25) is 0 Å². The number of nitrogens with one attached hydrogen (secondary N) is 1. The number of primary amides is 1. The molecule has 0 aliphatic carbocycles. The maximum atomic E-state index is 12.7. The van der Waals surface area contributed by atoms with Crippen LogP contribution in [0.15, 0.2) is 24.3 Å². The monoisotopic (exact) mass is 180 g/mol. The SMILES string of the molecule is N=C(CC(N)=O)c1cccc(F)c1. The minimum Gasteiger partial charge on any atom is -0.369 e. The molecular weight excluding hydrogens is 171 g/mol. The molecular formula is C9H9FN2O. The van der Waals surface area contributed by atoms with Gasteiger partial charge in [-0.15, -0.1) is 0 Å². The van der Waals surface area contributed by atoms with Gasteiger partial charge in [-0.1, -0.05) is 12.1 Å². The molecule has 0 aliphatic rings. The van der Waals surface area contributed by atoms with E-state index in [1.807, 2.05) is 0 Å². The van der Waals surface area contributed by atoms with Crippen molar-refractivity contribution in [2.24, 2.45) is 5.73 Å². The topological polar surface area (TPSA) is 66.9 Å². The maximum Gasteiger partial charge on any atom is 0.223 e. The van der Waals surface area contributed by atoms with Gasteiger partial charge < -0.3 is 11.1 Å². The average molecular weight is 180 g/mol. The molecule has 0 bridgehead atoms. The lowest BCUT2D eigenvalue weighted by molar-refractivity contribution is -0.116. The molecule has 0 saturated heterocycles. The third-order valence-electron chi connectivity index (χ3n) is 1.52. The van der Waals surface area contributed by atoms with Crippen LogP contribution in [0.4, 0.5) is 4.39 Å². The first kappa shape index (κ1) is 9.38. The third-order valence-corrected chi connectivity index (χ3v) is 1.52. The van der Waals surface area contributed by atoms with Crippen molar-refractivity contribution in [2.75, 3.05) is 0 Å². The van der Waals surface area contributed by atoms with E-state index in [0.29, 0.717) is 5.56 Å². The fraction of sp³-hybridized carbons (Fsp3) is 0.111. The van der Waals surface area contributed by atoms with Gasteiger partial charge >= 0.3 is 0 Å². The molecule has 3 N–H and O–H groups in total. The van der Waals surface area contributed by atoms with Crippen LogP contribution in [0.3, 0.4) is 0 Å². The van der Waals surface area contributed by atoms with E-state index in [0.717, 1.165) is 0 Å². The van der Waals surface area contributed by atoms with Crippen molar-refractivity contribution in [3.05, 3.63) is 35.6 Å². The number of amides is 1. The molecule has 0 atom stereocenters. The summed E-state index contributed by atoms with van der Waals surface area (Å²) in [7, 11) is 0. The van der Waals surface area contributed by atoms with Crippen molar-refractivity contribution < 1.29 is 9.18 Å². The van der Waals surface area contributed by atoms with Crippen LogP contribution >= 0.6 is 0 Å². The van der Waals surface area contributed by atoms with Crippen molar-refractivity contribution in [2.45, 2.75) is 6.42 Å². The average Bonchev–Trinajstić information content (AvgIpc) is 2.03. The number of rotatable bonds is 3. The van der Waals surface area contributed by atoms with Gasteiger partial charge in [-0.3, -0.25) is 4.79 Å². The lowest BCUT2D eigenvalue weighted by atomic mass is 10.1. The normalized spacial score (nSPS) is 9.62. The Morgan fingerprint density at radius 3 is 2.77 bits per heavy atom. The summed E-state index contributed by atoms with van der Waals surface area (Å²) < 4.78 is 12.7. The van der Waals surface area contributed by atoms with E-state index < -0.39 is 11.7 Å². The van der Waals surface area contributed by atoms with Crippen LogP contribution in [0.5, 0.6) is 0 Å². The molecule has 0 fully saturated rings. The Labute approximate surface area is 74.9 Å². The zero-order valence-corrected chi connectivity index (χ0v) is 6.88. The van der Waals surface area contributed by atoms with Crippen LogP contribution in [0, 0.1) is 11.2 Å². The van der Waals surface area contributed by atoms with Crippen molar-refractivity contribution in [3.63, 3.8) is 0 Å². The van der Waals surface area contributed by atoms with Crippen LogP contribution in [0.1, 0.15) is 12.0 Å². The van der Waals surface area contributed by atoms with Crippen molar-refractivity contribution >= 4 is 11.6 Å². The summed E-state index contributed by atoms with van der Waals surface area (Å²) in [5.74, 6) is -1.01. The molecule has 0 aliphatic heterocycles. The van der Waals surface area contributed by atoms with E-state index in [1.165, 1.54) is 18.2 Å². The molecule has 0 unspecified atom stereocenters. The highest BCUT2D eigenvalue weighted by atomic mass is 19.1. The van der Waals surface area contributed by atoms with Crippen molar-refractivity contribution in [1.29, 1.82) is 5.41 Å². The molecule has 1 aromatic carbocycles. The molecule has 0 radical (unpaired) electrons. The molecule has 0 heterocycles. The Bertz CT molecular complexity index is 349. The van der Waals surface area contributed by atoms with Gasteiger partial charge in [0.05, 0.1) is 6.42 Å². The molecule has 1 aromatic rings. The summed E-state index contributed by atoms with van der Waals surface area (Å²) in [6.07, 6.45) is -0.163. The largest absolute Gasteiger partial charge is 0.369 e. The second-order valence-corrected chi connectivity index (χ2v) is 2.63. The summed E-state index contributed by atoms with van der Waals surface area (Å²) >= 11 is 0. The molecule has 1 amide bonds. The molecule has 68 valence electrons. The van der Waals surface area contributed by atoms with Gasteiger partial charge in [0, 0.05) is 5.71 Å². The number of carbonyl (C=O) groups excluding carboxylic acids is 1. The number of carbonyl (C=O) groups is 1. The molecule has 13 heavy (non-hydrogen) atoms. The van der Waals surface area contributed by atoms with Crippen molar-refractivity contribution in [3.8, 4) is 0 Å². The van der Waals surface area contributed by atoms with Gasteiger partial charge in [0.2, 0.25) is 5.91 Å². The van der Waals surface area contributed by atoms with Gasteiger partial charge in [0.25, 0.3) is 0 Å². The zero-order valence-electron chi connectivity index (χ0n) is 6.88. The summed E-state index contributed by atoms with van der Waals surface area (Å²) in [4.78, 5) is 10.5.